The average molecular weight is 252 g/mol. The number of para-hydroxylation sites is 1. The van der Waals surface area contributed by atoms with E-state index in [1.165, 1.54) is 16.8 Å². The number of benzene rings is 1. The number of nitrogens with zero attached hydrogens (tertiary/aromatic N) is 3. The van der Waals surface area contributed by atoms with Crippen molar-refractivity contribution in [1.82, 2.24) is 4.90 Å². The molecule has 0 fully saturated rings. The summed E-state index contributed by atoms with van der Waals surface area (Å²) in [6, 6.07) is 8.41. The van der Waals surface area contributed by atoms with E-state index in [1.54, 1.807) is 0 Å². The highest BCUT2D eigenvalue weighted by molar-refractivity contribution is 6.17. The molecular weight excluding hydrogens is 236 g/mol. The van der Waals surface area contributed by atoms with Crippen LogP contribution in [0.3, 0.4) is 0 Å². The Morgan fingerprint density at radius 1 is 1.26 bits per heavy atom. The minimum absolute atomic E-state index is 0.883. The zero-order valence-corrected chi connectivity index (χ0v) is 11.0. The first kappa shape index (κ1) is 10.8. The monoisotopic (exact) mass is 252 g/mol. The van der Waals surface area contributed by atoms with Crippen LogP contribution >= 0.6 is 0 Å². The summed E-state index contributed by atoms with van der Waals surface area (Å²) in [6.07, 6.45) is 0.982. The van der Waals surface area contributed by atoms with E-state index in [-0.39, 0.29) is 0 Å². The molecule has 3 aliphatic heterocycles. The lowest BCUT2D eigenvalue weighted by molar-refractivity contribution is 0.654. The SMILES string of the molecule is CC1=NC2=C(CCNc3ccccc32)C2=NCCN12. The van der Waals surface area contributed by atoms with Gasteiger partial charge in [-0.15, -0.1) is 0 Å². The van der Waals surface area contributed by atoms with E-state index >= 15 is 0 Å². The van der Waals surface area contributed by atoms with Crippen molar-refractivity contribution in [2.75, 3.05) is 25.0 Å². The van der Waals surface area contributed by atoms with Gasteiger partial charge < -0.3 is 10.2 Å². The van der Waals surface area contributed by atoms with Crippen LogP contribution in [0.25, 0.3) is 5.70 Å². The zero-order chi connectivity index (χ0) is 12.8. The van der Waals surface area contributed by atoms with Gasteiger partial charge in [0.1, 0.15) is 11.7 Å². The van der Waals surface area contributed by atoms with E-state index in [2.05, 4.69) is 46.4 Å². The minimum Gasteiger partial charge on any atom is -0.384 e. The van der Waals surface area contributed by atoms with Gasteiger partial charge in [0.05, 0.1) is 12.2 Å². The Labute approximate surface area is 112 Å². The molecule has 19 heavy (non-hydrogen) atoms. The van der Waals surface area contributed by atoms with Crippen LogP contribution in [0, 0.1) is 0 Å². The molecule has 3 heterocycles. The molecule has 0 amide bonds. The summed E-state index contributed by atoms with van der Waals surface area (Å²) < 4.78 is 0. The Balaban J connectivity index is 1.96. The molecule has 0 aromatic heterocycles. The summed E-state index contributed by atoms with van der Waals surface area (Å²) in [5.74, 6) is 2.20. The Kier molecular flexibility index (Phi) is 2.24. The van der Waals surface area contributed by atoms with E-state index in [0.717, 1.165) is 43.4 Å². The molecule has 3 aliphatic rings. The van der Waals surface area contributed by atoms with Gasteiger partial charge in [0.15, 0.2) is 0 Å². The van der Waals surface area contributed by atoms with Gasteiger partial charge in [-0.3, -0.25) is 4.99 Å². The van der Waals surface area contributed by atoms with Crippen LogP contribution in [0.15, 0.2) is 39.8 Å². The van der Waals surface area contributed by atoms with Crippen molar-refractivity contribution in [2.45, 2.75) is 13.3 Å². The molecule has 1 aromatic rings. The quantitative estimate of drug-likeness (QED) is 0.770. The first-order valence-corrected chi connectivity index (χ1v) is 6.78. The summed E-state index contributed by atoms with van der Waals surface area (Å²) in [6.45, 7) is 4.87. The van der Waals surface area contributed by atoms with Gasteiger partial charge in [0.25, 0.3) is 0 Å². The minimum atomic E-state index is 0.883. The maximum atomic E-state index is 4.85. The average Bonchev–Trinajstić information content (AvgIpc) is 2.85. The fraction of sp³-hybridized carbons (Fsp3) is 0.333. The lowest BCUT2D eigenvalue weighted by atomic mass is 10.0. The number of hydrogen-bond donors (Lipinski definition) is 1. The smallest absolute Gasteiger partial charge is 0.134 e. The fourth-order valence-electron chi connectivity index (χ4n) is 3.04. The molecule has 0 aliphatic carbocycles. The highest BCUT2D eigenvalue weighted by Gasteiger charge is 2.31. The molecule has 0 saturated carbocycles. The molecule has 0 unspecified atom stereocenters. The van der Waals surface area contributed by atoms with E-state index in [4.69, 9.17) is 4.99 Å². The van der Waals surface area contributed by atoms with Crippen LogP contribution in [0.5, 0.6) is 0 Å². The molecule has 4 nitrogen and oxygen atoms in total. The highest BCUT2D eigenvalue weighted by atomic mass is 15.3. The van der Waals surface area contributed by atoms with E-state index in [9.17, 15) is 0 Å². The van der Waals surface area contributed by atoms with Crippen molar-refractivity contribution in [2.24, 2.45) is 9.98 Å². The zero-order valence-electron chi connectivity index (χ0n) is 11.0. The molecule has 4 heteroatoms. The standard InChI is InChI=1S/C15H16N4/c1-10-18-14-11-4-2-3-5-13(11)16-7-6-12(14)15-17-8-9-19(10)15/h2-5,16H,6-9H2,1H3. The van der Waals surface area contributed by atoms with Gasteiger partial charge in [-0.1, -0.05) is 18.2 Å². The summed E-state index contributed by atoms with van der Waals surface area (Å²) in [7, 11) is 0. The molecule has 0 radical (unpaired) electrons. The molecular formula is C15H16N4. The molecule has 1 N–H and O–H groups in total. The van der Waals surface area contributed by atoms with Crippen molar-refractivity contribution in [3.05, 3.63) is 35.4 Å². The molecule has 96 valence electrons. The number of nitrogens with one attached hydrogen (secondary N) is 1. The van der Waals surface area contributed by atoms with E-state index in [0.29, 0.717) is 0 Å². The van der Waals surface area contributed by atoms with Crippen LogP contribution < -0.4 is 5.32 Å². The summed E-state index contributed by atoms with van der Waals surface area (Å²) in [4.78, 5) is 11.8. The van der Waals surface area contributed by atoms with E-state index < -0.39 is 0 Å². The predicted octanol–water partition coefficient (Wildman–Crippen LogP) is 2.36. The summed E-state index contributed by atoms with van der Waals surface area (Å²) in [5, 5.41) is 3.49. The Morgan fingerprint density at radius 2 is 2.16 bits per heavy atom. The number of fused-ring (bicyclic) bond motifs is 4. The van der Waals surface area contributed by atoms with Gasteiger partial charge in [0.2, 0.25) is 0 Å². The molecule has 0 saturated heterocycles. The maximum Gasteiger partial charge on any atom is 0.134 e. The van der Waals surface area contributed by atoms with Crippen LogP contribution in [0.1, 0.15) is 18.9 Å². The third-order valence-electron chi connectivity index (χ3n) is 3.93. The number of rotatable bonds is 0. The molecule has 4 rings (SSSR count). The van der Waals surface area contributed by atoms with Crippen molar-refractivity contribution in [3.63, 3.8) is 0 Å². The highest BCUT2D eigenvalue weighted by Crippen LogP contribution is 2.36. The topological polar surface area (TPSA) is 40.0 Å². The van der Waals surface area contributed by atoms with Crippen LogP contribution in [-0.4, -0.2) is 36.2 Å². The van der Waals surface area contributed by atoms with Gasteiger partial charge >= 0.3 is 0 Å². The van der Waals surface area contributed by atoms with Gasteiger partial charge in [-0.2, -0.15) is 0 Å². The molecule has 1 aromatic carbocycles. The van der Waals surface area contributed by atoms with Crippen molar-refractivity contribution < 1.29 is 0 Å². The third-order valence-corrected chi connectivity index (χ3v) is 3.93. The van der Waals surface area contributed by atoms with Crippen molar-refractivity contribution >= 4 is 23.1 Å². The molecule has 0 atom stereocenters. The number of amidine groups is 2. The summed E-state index contributed by atoms with van der Waals surface area (Å²) >= 11 is 0. The normalized spacial score (nSPS) is 20.8. The summed E-state index contributed by atoms with van der Waals surface area (Å²) in [5.41, 5.74) is 4.77. The lowest BCUT2D eigenvalue weighted by Gasteiger charge is -2.27. The predicted molar refractivity (Wildman–Crippen MR) is 78.6 cm³/mol. The molecule has 0 bridgehead atoms. The Morgan fingerprint density at radius 3 is 3.11 bits per heavy atom. The van der Waals surface area contributed by atoms with Gasteiger partial charge in [0, 0.05) is 29.9 Å². The first-order chi connectivity index (χ1) is 9.34. The van der Waals surface area contributed by atoms with Gasteiger partial charge in [-0.05, 0) is 19.4 Å². The number of anilines is 1. The van der Waals surface area contributed by atoms with Crippen molar-refractivity contribution in [1.29, 1.82) is 0 Å². The maximum absolute atomic E-state index is 4.85. The van der Waals surface area contributed by atoms with Crippen LogP contribution in [0.2, 0.25) is 0 Å². The number of aliphatic imine (C=N–C) groups is 2. The van der Waals surface area contributed by atoms with Crippen LogP contribution in [0.4, 0.5) is 5.69 Å². The lowest BCUT2D eigenvalue weighted by Crippen LogP contribution is -2.36. The first-order valence-electron chi connectivity index (χ1n) is 6.78. The second-order valence-corrected chi connectivity index (χ2v) is 5.07. The molecule has 0 spiro atoms. The third kappa shape index (κ3) is 1.52. The second-order valence-electron chi connectivity index (χ2n) is 5.07. The fourth-order valence-corrected chi connectivity index (χ4v) is 3.04. The Bertz CT molecular complexity index is 639. The number of hydrogen-bond acceptors (Lipinski definition) is 4. The Hall–Kier alpha value is -2.10. The second kappa shape index (κ2) is 3.95. The van der Waals surface area contributed by atoms with E-state index in [1.807, 2.05) is 0 Å². The largest absolute Gasteiger partial charge is 0.384 e. The van der Waals surface area contributed by atoms with Gasteiger partial charge in [-0.25, -0.2) is 4.99 Å². The van der Waals surface area contributed by atoms with Crippen molar-refractivity contribution in [3.8, 4) is 0 Å². The van der Waals surface area contributed by atoms with Crippen LogP contribution in [-0.2, 0) is 0 Å².